The summed E-state index contributed by atoms with van der Waals surface area (Å²) in [5, 5.41) is 23.0. The van der Waals surface area contributed by atoms with E-state index >= 15 is 0 Å². The molecule has 0 aromatic heterocycles. The number of esters is 4. The zero-order valence-corrected chi connectivity index (χ0v) is 63.3. The van der Waals surface area contributed by atoms with E-state index in [2.05, 4.69) is 121 Å². The molecule has 0 bridgehead atoms. The third kappa shape index (κ3) is 18.6. The van der Waals surface area contributed by atoms with Crippen LogP contribution >= 0.6 is 0 Å². The van der Waals surface area contributed by atoms with Crippen LogP contribution in [0.4, 0.5) is 0 Å². The van der Waals surface area contributed by atoms with Gasteiger partial charge in [0, 0.05) is 45.9 Å². The van der Waals surface area contributed by atoms with E-state index in [1.54, 1.807) is 12.1 Å². The lowest BCUT2D eigenvalue weighted by Crippen LogP contribution is -2.47. The van der Waals surface area contributed by atoms with Gasteiger partial charge in [0.15, 0.2) is 0 Å². The first-order chi connectivity index (χ1) is 47.6. The van der Waals surface area contributed by atoms with Gasteiger partial charge < -0.3 is 38.6 Å². The number of benzene rings is 4. The fraction of sp³-hybridized carbons (Fsp3) is 0.591. The monoisotopic (exact) mass is 1370 g/mol. The lowest BCUT2D eigenvalue weighted by atomic mass is 9.64. The molecule has 12 nitrogen and oxygen atoms in total. The number of hydrogen-bond acceptors (Lipinski definition) is 12. The van der Waals surface area contributed by atoms with Gasteiger partial charge in [-0.1, -0.05) is 153 Å². The fourth-order valence-corrected chi connectivity index (χ4v) is 17.6. The van der Waals surface area contributed by atoms with E-state index in [1.165, 1.54) is 11.1 Å². The molecule has 0 amide bonds. The minimum Gasteiger partial charge on any atom is -0.507 e. The Morgan fingerprint density at radius 2 is 0.750 bits per heavy atom. The zero-order valence-electron chi connectivity index (χ0n) is 63.3. The summed E-state index contributed by atoms with van der Waals surface area (Å²) in [4.78, 5) is 55.1. The molecule has 10 rings (SSSR count). The van der Waals surface area contributed by atoms with E-state index in [4.69, 9.17) is 28.4 Å². The van der Waals surface area contributed by atoms with Crippen LogP contribution in [0.1, 0.15) is 306 Å². The van der Waals surface area contributed by atoms with Crippen LogP contribution in [-0.4, -0.2) is 45.3 Å². The summed E-state index contributed by atoms with van der Waals surface area (Å²) in [7, 11) is 0. The molecular formula is C88H120O12. The Balaban J connectivity index is 0.000000233. The highest BCUT2D eigenvalue weighted by Gasteiger charge is 2.50. The van der Waals surface area contributed by atoms with Gasteiger partial charge in [0.2, 0.25) is 0 Å². The number of unbranched alkanes of at least 4 members (excludes halogenated alkanes) is 8. The number of phenolic OH excluding ortho intramolecular Hbond substituents is 2. The van der Waals surface area contributed by atoms with E-state index in [-0.39, 0.29) is 81.5 Å². The number of rotatable bonds is 24. The maximum Gasteiger partial charge on any atom is 0.423 e. The van der Waals surface area contributed by atoms with Crippen molar-refractivity contribution in [3.63, 3.8) is 0 Å². The van der Waals surface area contributed by atoms with Gasteiger partial charge in [0.05, 0.1) is 0 Å². The molecule has 2 heterocycles. The Bertz CT molecular complexity index is 3430. The Kier molecular flexibility index (Phi) is 26.4. The summed E-state index contributed by atoms with van der Waals surface area (Å²) >= 11 is 0. The Morgan fingerprint density at radius 1 is 0.450 bits per heavy atom. The summed E-state index contributed by atoms with van der Waals surface area (Å²) in [5.74, 6) is 0.135. The number of phenols is 2. The average molecular weight is 1370 g/mol. The molecule has 0 unspecified atom stereocenters. The molecule has 2 N–H and O–H groups in total. The number of carbonyl (C=O) groups is 4. The maximum atomic E-state index is 13.8. The van der Waals surface area contributed by atoms with E-state index in [0.717, 1.165) is 223 Å². The van der Waals surface area contributed by atoms with Crippen molar-refractivity contribution in [3.05, 3.63) is 141 Å². The fourth-order valence-electron chi connectivity index (χ4n) is 17.6. The van der Waals surface area contributed by atoms with Crippen LogP contribution in [0.2, 0.25) is 0 Å². The second-order valence-electron chi connectivity index (χ2n) is 32.2. The molecule has 4 aromatic carbocycles. The first-order valence-corrected chi connectivity index (χ1v) is 38.6. The van der Waals surface area contributed by atoms with Gasteiger partial charge in [0.1, 0.15) is 57.2 Å². The smallest absolute Gasteiger partial charge is 0.423 e. The van der Waals surface area contributed by atoms with Crippen LogP contribution in [0.25, 0.3) is 0 Å². The Morgan fingerprint density at radius 3 is 1.05 bits per heavy atom. The molecule has 10 atom stereocenters. The molecule has 6 aliphatic rings. The summed E-state index contributed by atoms with van der Waals surface area (Å²) < 4.78 is 37.5. The van der Waals surface area contributed by atoms with E-state index in [1.807, 2.05) is 38.1 Å². The van der Waals surface area contributed by atoms with Gasteiger partial charge in [-0.15, -0.1) is 0 Å². The molecule has 4 aromatic rings. The normalized spacial score (nSPS) is 23.9. The van der Waals surface area contributed by atoms with Crippen LogP contribution in [0.3, 0.4) is 0 Å². The molecule has 100 heavy (non-hydrogen) atoms. The van der Waals surface area contributed by atoms with Crippen molar-refractivity contribution in [2.45, 2.75) is 299 Å². The lowest BCUT2D eigenvalue weighted by molar-refractivity contribution is -0.156. The summed E-state index contributed by atoms with van der Waals surface area (Å²) in [6.45, 7) is 38.6. The lowest BCUT2D eigenvalue weighted by Gasteiger charge is -2.49. The number of aryl methyl sites for hydroxylation is 4. The maximum absolute atomic E-state index is 13.8. The highest BCUT2D eigenvalue weighted by atomic mass is 16.6. The second kappa shape index (κ2) is 34.3. The third-order valence-electron chi connectivity index (χ3n) is 23.0. The number of aromatic hydroxyl groups is 2. The van der Waals surface area contributed by atoms with Crippen LogP contribution < -0.4 is 28.4 Å². The predicted octanol–water partition coefficient (Wildman–Crippen LogP) is 22.2. The topological polar surface area (TPSA) is 164 Å². The first kappa shape index (κ1) is 77.1. The average Bonchev–Trinajstić information content (AvgIpc) is 0.746. The predicted molar refractivity (Wildman–Crippen MR) is 401 cm³/mol. The molecule has 2 saturated carbocycles. The number of ether oxygens (including phenoxy) is 6. The minimum atomic E-state index is -1.10. The standard InChI is InChI=1S/2C44H60O6/c2*1-9-11-13-15-30-23-36(45)40(33-21-28(5)17-19-32(33)27(3)4)37(24-30)48-42(46)43(47)49-38-25-31(16-14-12-10-2)26-39-41(38)34-22-29(6)18-20-35(34)44(7,8)50-39/h2*21,23-26,29,32-35,45H,3,9-20,22H2,1-2,4-8H3/t29-,32+,33-,34-,35-;29-,32-,33+,34+,35+/m10/s1. The Labute approximate surface area is 599 Å². The van der Waals surface area contributed by atoms with E-state index in [9.17, 15) is 29.4 Å². The summed E-state index contributed by atoms with van der Waals surface area (Å²) in [5.41, 5.74) is 10.3. The van der Waals surface area contributed by atoms with Gasteiger partial charge in [-0.3, -0.25) is 0 Å². The van der Waals surface area contributed by atoms with Crippen LogP contribution in [0.5, 0.6) is 46.0 Å². The molecule has 12 heteroatoms. The van der Waals surface area contributed by atoms with Crippen molar-refractivity contribution in [1.82, 2.24) is 0 Å². The SMILES string of the molecule is C=C(C)[C@@H]1CCC(C)=C[C@H]1c1c(O)cc(CCCCC)cc1OC(=O)C(=O)Oc1cc(CCCCC)cc2c1[C@@H]1C[C@@H](C)CC[C@H]1C(C)(C)O2.C=C(C)[C@@H]1CCC(C)=C[C@H]1c1c(O)cc(CCCCC)cc1OC(=O)C(=O)Oc1cc(CCCCC)cc2c1[C@@H]1C[C@H](C)CC[C@H]1C(C)(C)O2. The van der Waals surface area contributed by atoms with Crippen molar-refractivity contribution in [2.75, 3.05) is 0 Å². The summed E-state index contributed by atoms with van der Waals surface area (Å²) in [6.07, 6.45) is 29.9. The van der Waals surface area contributed by atoms with E-state index < -0.39 is 23.9 Å². The largest absolute Gasteiger partial charge is 0.507 e. The molecular weight excluding hydrogens is 1250 g/mol. The highest BCUT2D eigenvalue weighted by Crippen LogP contribution is 2.58. The van der Waals surface area contributed by atoms with Crippen molar-refractivity contribution < 1.29 is 57.8 Å². The Hall–Kier alpha value is -7.08. The molecule has 2 aliphatic heterocycles. The van der Waals surface area contributed by atoms with Gasteiger partial charge >= 0.3 is 23.9 Å². The van der Waals surface area contributed by atoms with Crippen molar-refractivity contribution in [1.29, 1.82) is 0 Å². The molecule has 4 aliphatic carbocycles. The molecule has 0 saturated heterocycles. The van der Waals surface area contributed by atoms with Gasteiger partial charge in [-0.25, -0.2) is 19.2 Å². The minimum absolute atomic E-state index is 0.0667. The van der Waals surface area contributed by atoms with Gasteiger partial charge in [0.25, 0.3) is 0 Å². The van der Waals surface area contributed by atoms with Crippen molar-refractivity contribution >= 4 is 23.9 Å². The van der Waals surface area contributed by atoms with Crippen LogP contribution in [-0.2, 0) is 44.9 Å². The van der Waals surface area contributed by atoms with Gasteiger partial charge in [-0.05, 0) is 264 Å². The molecule has 2 fully saturated rings. The molecule has 0 spiro atoms. The first-order valence-electron chi connectivity index (χ1n) is 38.6. The quantitative estimate of drug-likeness (QED) is 0.0225. The number of hydrogen-bond donors (Lipinski definition) is 2. The van der Waals surface area contributed by atoms with Crippen molar-refractivity contribution in [3.8, 4) is 46.0 Å². The zero-order chi connectivity index (χ0) is 72.3. The highest BCUT2D eigenvalue weighted by molar-refractivity contribution is 6.31. The van der Waals surface area contributed by atoms with Crippen LogP contribution in [0, 0.1) is 35.5 Å². The van der Waals surface area contributed by atoms with Crippen molar-refractivity contribution in [2.24, 2.45) is 35.5 Å². The number of fused-ring (bicyclic) bond motifs is 6. The third-order valence-corrected chi connectivity index (χ3v) is 23.0. The molecule has 544 valence electrons. The molecule has 0 radical (unpaired) electrons. The number of allylic oxidation sites excluding steroid dienone is 6. The van der Waals surface area contributed by atoms with Crippen LogP contribution in [0.15, 0.2) is 96.1 Å². The summed E-state index contributed by atoms with van der Waals surface area (Å²) in [6, 6.07) is 15.3. The van der Waals surface area contributed by atoms with Gasteiger partial charge in [-0.2, -0.15) is 0 Å². The number of carbonyl (C=O) groups excluding carboxylic acids is 4. The van der Waals surface area contributed by atoms with E-state index in [0.29, 0.717) is 34.5 Å². The second-order valence-corrected chi connectivity index (χ2v) is 32.2.